The van der Waals surface area contributed by atoms with Crippen LogP contribution < -0.4 is 5.32 Å². The lowest BCUT2D eigenvalue weighted by molar-refractivity contribution is -0.144. The Morgan fingerprint density at radius 2 is 1.85 bits per heavy atom. The molecule has 0 aromatic heterocycles. The van der Waals surface area contributed by atoms with Gasteiger partial charge in [-0.15, -0.1) is 0 Å². The zero-order chi connectivity index (χ0) is 18.2. The van der Waals surface area contributed by atoms with Gasteiger partial charge in [0.1, 0.15) is 6.61 Å². The molecule has 1 aliphatic heterocycles. The van der Waals surface area contributed by atoms with Crippen molar-refractivity contribution < 1.29 is 14.6 Å². The summed E-state index contributed by atoms with van der Waals surface area (Å²) in [5.41, 5.74) is 2.11. The third-order valence-electron chi connectivity index (χ3n) is 4.63. The van der Waals surface area contributed by atoms with Crippen LogP contribution in [0.1, 0.15) is 23.6 Å². The SMILES string of the molecule is O=C(CNC(CN1CC[C@H](O)C1)c1ccccc1)OCc1ccccc1. The second kappa shape index (κ2) is 9.48. The number of aliphatic hydroxyl groups is 1. The second-order valence-electron chi connectivity index (χ2n) is 6.69. The Morgan fingerprint density at radius 3 is 2.50 bits per heavy atom. The minimum absolute atomic E-state index is 0.0192. The molecule has 0 radical (unpaired) electrons. The van der Waals surface area contributed by atoms with Crippen LogP contribution in [0.15, 0.2) is 60.7 Å². The first-order valence-corrected chi connectivity index (χ1v) is 9.09. The van der Waals surface area contributed by atoms with Crippen molar-refractivity contribution in [2.45, 2.75) is 25.2 Å². The van der Waals surface area contributed by atoms with Crippen LogP contribution >= 0.6 is 0 Å². The Bertz CT molecular complexity index is 678. The van der Waals surface area contributed by atoms with Crippen LogP contribution in [0.2, 0.25) is 0 Å². The molecule has 2 aromatic carbocycles. The maximum Gasteiger partial charge on any atom is 0.320 e. The molecular weight excluding hydrogens is 328 g/mol. The quantitative estimate of drug-likeness (QED) is 0.711. The number of aliphatic hydroxyl groups excluding tert-OH is 1. The van der Waals surface area contributed by atoms with Crippen molar-refractivity contribution in [1.82, 2.24) is 10.2 Å². The van der Waals surface area contributed by atoms with E-state index in [1.165, 1.54) is 0 Å². The molecule has 26 heavy (non-hydrogen) atoms. The highest BCUT2D eigenvalue weighted by molar-refractivity contribution is 5.71. The van der Waals surface area contributed by atoms with Crippen LogP contribution in [0.3, 0.4) is 0 Å². The summed E-state index contributed by atoms with van der Waals surface area (Å²) < 4.78 is 5.35. The summed E-state index contributed by atoms with van der Waals surface area (Å²) in [5.74, 6) is -0.267. The lowest BCUT2D eigenvalue weighted by Gasteiger charge is -2.24. The lowest BCUT2D eigenvalue weighted by atomic mass is 10.1. The summed E-state index contributed by atoms with van der Waals surface area (Å²) >= 11 is 0. The van der Waals surface area contributed by atoms with Gasteiger partial charge in [0.25, 0.3) is 0 Å². The van der Waals surface area contributed by atoms with E-state index in [0.717, 1.165) is 30.6 Å². The van der Waals surface area contributed by atoms with Crippen LogP contribution in [0.5, 0.6) is 0 Å². The number of ether oxygens (including phenoxy) is 1. The minimum Gasteiger partial charge on any atom is -0.460 e. The van der Waals surface area contributed by atoms with E-state index in [2.05, 4.69) is 22.3 Å². The molecule has 0 aliphatic carbocycles. The average molecular weight is 354 g/mol. The number of rotatable bonds is 8. The van der Waals surface area contributed by atoms with Crippen molar-refractivity contribution in [1.29, 1.82) is 0 Å². The topological polar surface area (TPSA) is 61.8 Å². The summed E-state index contributed by atoms with van der Waals surface area (Å²) in [4.78, 5) is 14.3. The van der Waals surface area contributed by atoms with Gasteiger partial charge in [-0.25, -0.2) is 0 Å². The van der Waals surface area contributed by atoms with Gasteiger partial charge >= 0.3 is 5.97 Å². The molecule has 3 rings (SSSR count). The number of hydrogen-bond donors (Lipinski definition) is 2. The molecular formula is C21H26N2O3. The molecule has 0 amide bonds. The Balaban J connectivity index is 1.52. The molecule has 2 aromatic rings. The standard InChI is InChI=1S/C21H26N2O3/c24-19-11-12-23(14-19)15-20(18-9-5-2-6-10-18)22-13-21(25)26-16-17-7-3-1-4-8-17/h1-10,19-20,22,24H,11-16H2/t19-,20?/m0/s1. The number of nitrogens with zero attached hydrogens (tertiary/aromatic N) is 1. The zero-order valence-electron chi connectivity index (χ0n) is 14.9. The van der Waals surface area contributed by atoms with Gasteiger partial charge in [-0.2, -0.15) is 0 Å². The molecule has 5 nitrogen and oxygen atoms in total. The van der Waals surface area contributed by atoms with Crippen molar-refractivity contribution in [3.05, 3.63) is 71.8 Å². The first-order valence-electron chi connectivity index (χ1n) is 9.09. The molecule has 1 unspecified atom stereocenters. The summed E-state index contributed by atoms with van der Waals surface area (Å²) in [6.45, 7) is 2.76. The molecule has 2 N–H and O–H groups in total. The molecule has 5 heteroatoms. The van der Waals surface area contributed by atoms with Gasteiger partial charge in [-0.3, -0.25) is 15.0 Å². The molecule has 1 heterocycles. The second-order valence-corrected chi connectivity index (χ2v) is 6.69. The number of esters is 1. The van der Waals surface area contributed by atoms with Gasteiger partial charge in [-0.1, -0.05) is 60.7 Å². The first-order chi connectivity index (χ1) is 12.7. The van der Waals surface area contributed by atoms with E-state index in [0.29, 0.717) is 6.54 Å². The summed E-state index contributed by atoms with van der Waals surface area (Å²) in [7, 11) is 0. The normalized spacial score (nSPS) is 18.6. The van der Waals surface area contributed by atoms with Crippen LogP contribution in [0, 0.1) is 0 Å². The highest BCUT2D eigenvalue weighted by atomic mass is 16.5. The number of carbonyl (C=O) groups is 1. The van der Waals surface area contributed by atoms with Gasteiger partial charge in [0.15, 0.2) is 0 Å². The van der Waals surface area contributed by atoms with Crippen molar-refractivity contribution in [2.24, 2.45) is 0 Å². The minimum atomic E-state index is -0.267. The smallest absolute Gasteiger partial charge is 0.320 e. The maximum absolute atomic E-state index is 12.1. The fraction of sp³-hybridized carbons (Fsp3) is 0.381. The van der Waals surface area contributed by atoms with E-state index in [4.69, 9.17) is 4.74 Å². The van der Waals surface area contributed by atoms with Crippen molar-refractivity contribution in [3.8, 4) is 0 Å². The van der Waals surface area contributed by atoms with E-state index in [1.807, 2.05) is 48.5 Å². The van der Waals surface area contributed by atoms with Gasteiger partial charge in [0.2, 0.25) is 0 Å². The highest BCUT2D eigenvalue weighted by Crippen LogP contribution is 2.17. The summed E-state index contributed by atoms with van der Waals surface area (Å²) in [6, 6.07) is 19.8. The molecule has 1 aliphatic rings. The summed E-state index contributed by atoms with van der Waals surface area (Å²) in [6.07, 6.45) is 0.558. The fourth-order valence-corrected chi connectivity index (χ4v) is 3.21. The van der Waals surface area contributed by atoms with Crippen molar-refractivity contribution in [2.75, 3.05) is 26.2 Å². The van der Waals surface area contributed by atoms with Gasteiger partial charge < -0.3 is 9.84 Å². The van der Waals surface area contributed by atoms with Crippen molar-refractivity contribution in [3.63, 3.8) is 0 Å². The van der Waals surface area contributed by atoms with Crippen LogP contribution in [0.4, 0.5) is 0 Å². The van der Waals surface area contributed by atoms with Crippen LogP contribution in [-0.2, 0) is 16.1 Å². The molecule has 0 saturated carbocycles. The number of nitrogens with one attached hydrogen (secondary N) is 1. The first kappa shape index (κ1) is 18.6. The Kier molecular flexibility index (Phi) is 6.77. The van der Waals surface area contributed by atoms with E-state index >= 15 is 0 Å². The van der Waals surface area contributed by atoms with Gasteiger partial charge in [0.05, 0.1) is 12.6 Å². The number of hydrogen-bond acceptors (Lipinski definition) is 5. The number of benzene rings is 2. The monoisotopic (exact) mass is 354 g/mol. The van der Waals surface area contributed by atoms with E-state index in [1.54, 1.807) is 0 Å². The maximum atomic E-state index is 12.1. The molecule has 138 valence electrons. The molecule has 2 atom stereocenters. The molecule has 1 saturated heterocycles. The van der Waals surface area contributed by atoms with E-state index in [-0.39, 0.29) is 31.3 Å². The number of carbonyl (C=O) groups excluding carboxylic acids is 1. The molecule has 1 fully saturated rings. The predicted octanol–water partition coefficient (Wildman–Crippen LogP) is 2.13. The Hall–Kier alpha value is -2.21. The zero-order valence-corrected chi connectivity index (χ0v) is 14.9. The third kappa shape index (κ3) is 5.66. The third-order valence-corrected chi connectivity index (χ3v) is 4.63. The largest absolute Gasteiger partial charge is 0.460 e. The molecule has 0 spiro atoms. The summed E-state index contributed by atoms with van der Waals surface area (Å²) in [5, 5.41) is 13.1. The number of β-amino-alcohol motifs (C(OH)–C–C–N with tert-alkyl or cyclic N) is 1. The molecule has 0 bridgehead atoms. The fourth-order valence-electron chi connectivity index (χ4n) is 3.21. The Labute approximate surface area is 154 Å². The van der Waals surface area contributed by atoms with Crippen LogP contribution in [0.25, 0.3) is 0 Å². The average Bonchev–Trinajstić information content (AvgIpc) is 3.10. The lowest BCUT2D eigenvalue weighted by Crippen LogP contribution is -2.37. The predicted molar refractivity (Wildman–Crippen MR) is 100 cm³/mol. The number of likely N-dealkylation sites (tertiary alicyclic amines) is 1. The van der Waals surface area contributed by atoms with Crippen LogP contribution in [-0.4, -0.2) is 48.3 Å². The van der Waals surface area contributed by atoms with Gasteiger partial charge in [-0.05, 0) is 17.5 Å². The van der Waals surface area contributed by atoms with E-state index in [9.17, 15) is 9.90 Å². The van der Waals surface area contributed by atoms with E-state index < -0.39 is 0 Å². The van der Waals surface area contributed by atoms with Gasteiger partial charge in [0, 0.05) is 25.7 Å². The Morgan fingerprint density at radius 1 is 1.15 bits per heavy atom. The van der Waals surface area contributed by atoms with Crippen molar-refractivity contribution >= 4 is 5.97 Å². The highest BCUT2D eigenvalue weighted by Gasteiger charge is 2.24.